The molecule has 0 fully saturated rings. The maximum atomic E-state index is 13.1. The molecule has 2 aromatic rings. The Morgan fingerprint density at radius 1 is 1.12 bits per heavy atom. The average Bonchev–Trinajstić information content (AvgIpc) is 2.72. The van der Waals surface area contributed by atoms with E-state index >= 15 is 0 Å². The van der Waals surface area contributed by atoms with Gasteiger partial charge in [0.25, 0.3) is 5.16 Å². The Morgan fingerprint density at radius 2 is 1.76 bits per heavy atom. The molecule has 2 N–H and O–H groups in total. The Balaban J connectivity index is 2.46. The molecule has 0 amide bonds. The van der Waals surface area contributed by atoms with Gasteiger partial charge in [0.2, 0.25) is 19.9 Å². The summed E-state index contributed by atoms with van der Waals surface area (Å²) in [6, 6.07) is 10.3. The second kappa shape index (κ2) is 11.6. The van der Waals surface area contributed by atoms with Crippen LogP contribution in [0, 0.1) is 0 Å². The quantitative estimate of drug-likeness (QED) is 0.173. The van der Waals surface area contributed by atoms with E-state index in [1.54, 1.807) is 37.3 Å². The van der Waals surface area contributed by atoms with Crippen molar-refractivity contribution >= 4 is 39.6 Å². The van der Waals surface area contributed by atoms with Gasteiger partial charge >= 0.3 is 0 Å². The lowest BCUT2D eigenvalue weighted by atomic mass is 10.2. The Bertz CT molecular complexity index is 1160. The fraction of sp³-hybridized carbons (Fsp3) is 0.524. The summed E-state index contributed by atoms with van der Waals surface area (Å²) < 4.78 is 57.9. The number of sulfone groups is 1. The molecular formula is C21H34N4O6S2Si. The molecule has 13 heteroatoms. The summed E-state index contributed by atoms with van der Waals surface area (Å²) in [6.07, 6.45) is 0.999. The number of nitrogens with one attached hydrogen (secondary N) is 1. The molecule has 0 bridgehead atoms. The van der Waals surface area contributed by atoms with E-state index in [1.807, 2.05) is 0 Å². The zero-order valence-corrected chi connectivity index (χ0v) is 22.9. The number of aromatic nitrogens is 2. The molecule has 0 aliphatic rings. The minimum Gasteiger partial charge on any atom is -0.394 e. The van der Waals surface area contributed by atoms with Gasteiger partial charge in [-0.1, -0.05) is 50.0 Å². The van der Waals surface area contributed by atoms with Gasteiger partial charge in [-0.3, -0.25) is 0 Å². The molecule has 0 radical (unpaired) electrons. The van der Waals surface area contributed by atoms with Gasteiger partial charge in [-0.05, 0) is 18.5 Å². The number of aliphatic hydroxyl groups excluding tert-OH is 1. The van der Waals surface area contributed by atoms with E-state index in [-0.39, 0.29) is 30.7 Å². The SMILES string of the molecule is C[C@H](CO)Nc1cc(N(COCC[Si](C)(C)C)S(C)(=O)=O)nc(S(=O)(=O)Cc2ccccc2)n1. The number of ether oxygens (including phenoxy) is 1. The summed E-state index contributed by atoms with van der Waals surface area (Å²) in [4.78, 5) is 8.21. The molecule has 0 saturated heterocycles. The Hall–Kier alpha value is -2.06. The van der Waals surface area contributed by atoms with Crippen LogP contribution in [0.25, 0.3) is 0 Å². The predicted octanol–water partition coefficient (Wildman–Crippen LogP) is 2.32. The molecule has 0 unspecified atom stereocenters. The van der Waals surface area contributed by atoms with Crippen LogP contribution in [-0.4, -0.2) is 72.2 Å². The molecule has 1 atom stereocenters. The predicted molar refractivity (Wildman–Crippen MR) is 136 cm³/mol. The number of hydrogen-bond donors (Lipinski definition) is 2. The first-order valence-corrected chi connectivity index (χ1v) is 18.0. The molecule has 10 nitrogen and oxygen atoms in total. The third kappa shape index (κ3) is 8.95. The lowest BCUT2D eigenvalue weighted by Crippen LogP contribution is -2.34. The van der Waals surface area contributed by atoms with Gasteiger partial charge in [0, 0.05) is 26.8 Å². The van der Waals surface area contributed by atoms with Crippen molar-refractivity contribution in [2.75, 3.05) is 35.8 Å². The van der Waals surface area contributed by atoms with Crippen molar-refractivity contribution in [2.45, 2.75) is 49.6 Å². The van der Waals surface area contributed by atoms with E-state index < -0.39 is 39.1 Å². The monoisotopic (exact) mass is 530 g/mol. The van der Waals surface area contributed by atoms with Crippen LogP contribution < -0.4 is 9.62 Å². The summed E-state index contributed by atoms with van der Waals surface area (Å²) in [5.41, 5.74) is 0.546. The average molecular weight is 531 g/mol. The smallest absolute Gasteiger partial charge is 0.251 e. The van der Waals surface area contributed by atoms with E-state index in [0.29, 0.717) is 12.2 Å². The summed E-state index contributed by atoms with van der Waals surface area (Å²) in [6.45, 7) is 8.04. The van der Waals surface area contributed by atoms with Crippen LogP contribution in [0.15, 0.2) is 41.6 Å². The van der Waals surface area contributed by atoms with Crippen LogP contribution in [0.3, 0.4) is 0 Å². The van der Waals surface area contributed by atoms with Crippen molar-refractivity contribution in [3.63, 3.8) is 0 Å². The highest BCUT2D eigenvalue weighted by Gasteiger charge is 2.26. The van der Waals surface area contributed by atoms with Crippen LogP contribution in [0.4, 0.5) is 11.6 Å². The maximum Gasteiger partial charge on any atom is 0.251 e. The molecule has 190 valence electrons. The van der Waals surface area contributed by atoms with Crippen LogP contribution in [0.5, 0.6) is 0 Å². The van der Waals surface area contributed by atoms with Gasteiger partial charge in [-0.2, -0.15) is 4.98 Å². The summed E-state index contributed by atoms with van der Waals surface area (Å²) in [7, 11) is -9.24. The zero-order chi connectivity index (χ0) is 25.6. The van der Waals surface area contributed by atoms with Crippen molar-refractivity contribution in [1.29, 1.82) is 0 Å². The fourth-order valence-electron chi connectivity index (χ4n) is 2.77. The van der Waals surface area contributed by atoms with Crippen molar-refractivity contribution < 1.29 is 26.7 Å². The van der Waals surface area contributed by atoms with Gasteiger partial charge in [0.15, 0.2) is 5.82 Å². The molecule has 2 rings (SSSR count). The molecule has 0 aliphatic carbocycles. The second-order valence-electron chi connectivity index (χ2n) is 9.33. The van der Waals surface area contributed by atoms with Crippen molar-refractivity contribution in [1.82, 2.24) is 9.97 Å². The summed E-state index contributed by atoms with van der Waals surface area (Å²) >= 11 is 0. The third-order valence-corrected chi connectivity index (χ3v) is 8.95. The van der Waals surface area contributed by atoms with Crippen molar-refractivity contribution in [3.05, 3.63) is 42.0 Å². The number of aliphatic hydroxyl groups is 1. The number of benzene rings is 1. The molecule has 0 saturated carbocycles. The fourth-order valence-corrected chi connectivity index (χ4v) is 5.45. The third-order valence-electron chi connectivity index (χ3n) is 4.70. The summed E-state index contributed by atoms with van der Waals surface area (Å²) in [5.74, 6) is -0.406. The van der Waals surface area contributed by atoms with E-state index in [4.69, 9.17) is 4.74 Å². The Morgan fingerprint density at radius 3 is 2.32 bits per heavy atom. The molecular weight excluding hydrogens is 496 g/mol. The molecule has 34 heavy (non-hydrogen) atoms. The number of hydrogen-bond acceptors (Lipinski definition) is 9. The topological polar surface area (TPSA) is 139 Å². The first-order chi connectivity index (χ1) is 15.7. The molecule has 0 spiro atoms. The van der Waals surface area contributed by atoms with E-state index in [1.165, 1.54) is 6.07 Å². The van der Waals surface area contributed by atoms with Crippen LogP contribution in [0.1, 0.15) is 12.5 Å². The second-order valence-corrected chi connectivity index (χ2v) is 18.7. The van der Waals surface area contributed by atoms with Crippen molar-refractivity contribution in [2.24, 2.45) is 0 Å². The molecule has 1 aromatic heterocycles. The maximum absolute atomic E-state index is 13.1. The van der Waals surface area contributed by atoms with E-state index in [2.05, 4.69) is 34.9 Å². The highest BCUT2D eigenvalue weighted by atomic mass is 32.2. The number of rotatable bonds is 13. The summed E-state index contributed by atoms with van der Waals surface area (Å²) in [5, 5.41) is 11.8. The van der Waals surface area contributed by atoms with E-state index in [9.17, 15) is 21.9 Å². The lowest BCUT2D eigenvalue weighted by molar-refractivity contribution is 0.156. The highest BCUT2D eigenvalue weighted by Crippen LogP contribution is 2.23. The van der Waals surface area contributed by atoms with E-state index in [0.717, 1.165) is 16.6 Å². The van der Waals surface area contributed by atoms with Crippen LogP contribution in [-0.2, 0) is 30.4 Å². The lowest BCUT2D eigenvalue weighted by Gasteiger charge is -2.23. The molecule has 1 aromatic carbocycles. The highest BCUT2D eigenvalue weighted by molar-refractivity contribution is 7.92. The minimum absolute atomic E-state index is 0.0777. The largest absolute Gasteiger partial charge is 0.394 e. The molecule has 0 aliphatic heterocycles. The number of sulfonamides is 1. The Kier molecular flexibility index (Phi) is 9.59. The number of nitrogens with zero attached hydrogens (tertiary/aromatic N) is 3. The normalized spacial score (nSPS) is 13.5. The first kappa shape index (κ1) is 28.2. The van der Waals surface area contributed by atoms with Crippen molar-refractivity contribution in [3.8, 4) is 0 Å². The van der Waals surface area contributed by atoms with Gasteiger partial charge in [0.1, 0.15) is 12.5 Å². The zero-order valence-electron chi connectivity index (χ0n) is 20.2. The Labute approximate surface area is 203 Å². The standard InChI is InChI=1S/C21H34N4O6S2Si/c1-17(14-26)22-19-13-20(25(32(2,27)28)16-31-11-12-34(3,4)5)24-21(23-19)33(29,30)15-18-9-7-6-8-10-18/h6-10,13,17,26H,11-12,14-16H2,1-5H3,(H,22,23,24)/t17-/m1/s1. The first-order valence-electron chi connectivity index (χ1n) is 10.8. The minimum atomic E-state index is -4.01. The van der Waals surface area contributed by atoms with Gasteiger partial charge < -0.3 is 15.2 Å². The van der Waals surface area contributed by atoms with Crippen LogP contribution in [0.2, 0.25) is 25.7 Å². The van der Waals surface area contributed by atoms with Gasteiger partial charge in [-0.25, -0.2) is 26.1 Å². The van der Waals surface area contributed by atoms with Crippen LogP contribution >= 0.6 is 0 Å². The molecule has 1 heterocycles. The number of anilines is 2. The van der Waals surface area contributed by atoms with Gasteiger partial charge in [0.05, 0.1) is 18.6 Å². The van der Waals surface area contributed by atoms with Gasteiger partial charge in [-0.15, -0.1) is 0 Å².